The number of carbonyl (C=O) groups is 1. The van der Waals surface area contributed by atoms with E-state index in [0.29, 0.717) is 18.9 Å². The van der Waals surface area contributed by atoms with Gasteiger partial charge in [0, 0.05) is 25.0 Å². The molecule has 2 rings (SSSR count). The van der Waals surface area contributed by atoms with Crippen molar-refractivity contribution in [3.05, 3.63) is 54.4 Å². The van der Waals surface area contributed by atoms with E-state index in [0.717, 1.165) is 24.2 Å². The van der Waals surface area contributed by atoms with Crippen LogP contribution in [0.1, 0.15) is 31.7 Å². The Labute approximate surface area is 143 Å². The summed E-state index contributed by atoms with van der Waals surface area (Å²) in [5.74, 6) is 1.23. The molecule has 0 aliphatic rings. The Morgan fingerprint density at radius 3 is 2.58 bits per heavy atom. The fourth-order valence-electron chi connectivity index (χ4n) is 2.10. The van der Waals surface area contributed by atoms with E-state index in [1.165, 1.54) is 6.42 Å². The average molecular weight is 328 g/mol. The van der Waals surface area contributed by atoms with Crippen molar-refractivity contribution >= 4 is 5.91 Å². The van der Waals surface area contributed by atoms with Crippen molar-refractivity contribution in [1.82, 2.24) is 10.3 Å². The number of rotatable bonds is 10. The number of amides is 1. The van der Waals surface area contributed by atoms with Crippen molar-refractivity contribution in [3.63, 3.8) is 0 Å². The third-order valence-corrected chi connectivity index (χ3v) is 3.43. The van der Waals surface area contributed by atoms with Gasteiger partial charge >= 0.3 is 0 Å². The third kappa shape index (κ3) is 6.69. The molecule has 0 saturated carbocycles. The molecule has 0 atom stereocenters. The number of carbonyl (C=O) groups excluding carboxylic acids is 1. The van der Waals surface area contributed by atoms with E-state index in [-0.39, 0.29) is 12.5 Å². The number of unbranched alkanes of at least 4 members (excludes halogenated alkanes) is 2. The van der Waals surface area contributed by atoms with Crippen molar-refractivity contribution < 1.29 is 14.3 Å². The summed E-state index contributed by atoms with van der Waals surface area (Å²) in [5.41, 5.74) is 1.00. The fourth-order valence-corrected chi connectivity index (χ4v) is 2.10. The molecule has 0 fully saturated rings. The maximum atomic E-state index is 11.8. The molecule has 1 aromatic heterocycles. The van der Waals surface area contributed by atoms with Gasteiger partial charge in [0.2, 0.25) is 0 Å². The first-order chi connectivity index (χ1) is 11.8. The Morgan fingerprint density at radius 1 is 1.08 bits per heavy atom. The van der Waals surface area contributed by atoms with Crippen molar-refractivity contribution in [2.24, 2.45) is 0 Å². The maximum absolute atomic E-state index is 11.8. The Morgan fingerprint density at radius 2 is 1.83 bits per heavy atom. The van der Waals surface area contributed by atoms with Crippen LogP contribution in [0.5, 0.6) is 11.5 Å². The lowest BCUT2D eigenvalue weighted by Crippen LogP contribution is -2.28. The van der Waals surface area contributed by atoms with Crippen molar-refractivity contribution in [2.45, 2.75) is 32.7 Å². The summed E-state index contributed by atoms with van der Waals surface area (Å²) in [7, 11) is 0. The molecule has 0 bridgehead atoms. The molecule has 0 unspecified atom stereocenters. The lowest BCUT2D eigenvalue weighted by atomic mass is 10.2. The SMILES string of the molecule is CCCCCOc1cccc(OCC(=O)NCc2ccncc2)c1. The van der Waals surface area contributed by atoms with Gasteiger partial charge in [-0.25, -0.2) is 0 Å². The topological polar surface area (TPSA) is 60.5 Å². The Bertz CT molecular complexity index is 617. The second-order valence-corrected chi connectivity index (χ2v) is 5.45. The summed E-state index contributed by atoms with van der Waals surface area (Å²) in [4.78, 5) is 15.8. The Hall–Kier alpha value is -2.56. The second kappa shape index (κ2) is 10.3. The van der Waals surface area contributed by atoms with Gasteiger partial charge in [-0.15, -0.1) is 0 Å². The van der Waals surface area contributed by atoms with Crippen LogP contribution in [0.2, 0.25) is 0 Å². The Balaban J connectivity index is 1.72. The van der Waals surface area contributed by atoms with E-state index in [2.05, 4.69) is 17.2 Å². The largest absolute Gasteiger partial charge is 0.493 e. The van der Waals surface area contributed by atoms with Gasteiger partial charge in [-0.05, 0) is 36.2 Å². The smallest absolute Gasteiger partial charge is 0.258 e. The molecular formula is C19H24N2O3. The molecule has 0 radical (unpaired) electrons. The highest BCUT2D eigenvalue weighted by atomic mass is 16.5. The van der Waals surface area contributed by atoms with Gasteiger partial charge < -0.3 is 14.8 Å². The summed E-state index contributed by atoms with van der Waals surface area (Å²) in [6.07, 6.45) is 6.77. The molecule has 1 aromatic carbocycles. The van der Waals surface area contributed by atoms with Gasteiger partial charge in [0.25, 0.3) is 5.91 Å². The number of ether oxygens (including phenoxy) is 2. The molecule has 24 heavy (non-hydrogen) atoms. The minimum atomic E-state index is -0.166. The number of pyridine rings is 1. The molecule has 0 aliphatic heterocycles. The molecule has 5 nitrogen and oxygen atoms in total. The van der Waals surface area contributed by atoms with Gasteiger partial charge in [0.15, 0.2) is 6.61 Å². The van der Waals surface area contributed by atoms with Gasteiger partial charge in [0.05, 0.1) is 6.61 Å². The molecule has 2 aromatic rings. The zero-order valence-corrected chi connectivity index (χ0v) is 14.0. The highest BCUT2D eigenvalue weighted by Crippen LogP contribution is 2.19. The summed E-state index contributed by atoms with van der Waals surface area (Å²) in [5, 5.41) is 2.81. The number of nitrogens with one attached hydrogen (secondary N) is 1. The van der Waals surface area contributed by atoms with Crippen LogP contribution in [0.4, 0.5) is 0 Å². The van der Waals surface area contributed by atoms with Gasteiger partial charge in [-0.1, -0.05) is 25.8 Å². The summed E-state index contributed by atoms with van der Waals surface area (Å²) in [6.45, 7) is 3.30. The van der Waals surface area contributed by atoms with E-state index < -0.39 is 0 Å². The third-order valence-electron chi connectivity index (χ3n) is 3.43. The van der Waals surface area contributed by atoms with Crippen LogP contribution in [-0.4, -0.2) is 24.1 Å². The van der Waals surface area contributed by atoms with Crippen LogP contribution in [0.15, 0.2) is 48.8 Å². The quantitative estimate of drug-likeness (QED) is 0.680. The van der Waals surface area contributed by atoms with Crippen molar-refractivity contribution in [3.8, 4) is 11.5 Å². The number of aromatic nitrogens is 1. The predicted molar refractivity (Wildman–Crippen MR) is 93.0 cm³/mol. The second-order valence-electron chi connectivity index (χ2n) is 5.45. The molecule has 1 N–H and O–H groups in total. The fraction of sp³-hybridized carbons (Fsp3) is 0.368. The van der Waals surface area contributed by atoms with Crippen LogP contribution < -0.4 is 14.8 Å². The van der Waals surface area contributed by atoms with Crippen LogP contribution in [0.25, 0.3) is 0 Å². The molecule has 1 amide bonds. The Kier molecular flexibility index (Phi) is 7.60. The van der Waals surface area contributed by atoms with Crippen LogP contribution in [-0.2, 0) is 11.3 Å². The molecule has 5 heteroatoms. The molecule has 0 spiro atoms. The zero-order valence-electron chi connectivity index (χ0n) is 14.0. The minimum absolute atomic E-state index is 0.0234. The normalized spacial score (nSPS) is 10.2. The molecule has 128 valence electrons. The highest BCUT2D eigenvalue weighted by molar-refractivity contribution is 5.77. The summed E-state index contributed by atoms with van der Waals surface area (Å²) >= 11 is 0. The number of nitrogens with zero attached hydrogens (tertiary/aromatic N) is 1. The molecule has 0 saturated heterocycles. The van der Waals surface area contributed by atoms with E-state index in [4.69, 9.17) is 9.47 Å². The van der Waals surface area contributed by atoms with E-state index >= 15 is 0 Å². The predicted octanol–water partition coefficient (Wildman–Crippen LogP) is 3.35. The number of hydrogen-bond donors (Lipinski definition) is 1. The van der Waals surface area contributed by atoms with E-state index in [9.17, 15) is 4.79 Å². The van der Waals surface area contributed by atoms with E-state index in [1.54, 1.807) is 12.4 Å². The molecule has 0 aliphatic carbocycles. The van der Waals surface area contributed by atoms with Gasteiger partial charge in [0.1, 0.15) is 11.5 Å². The lowest BCUT2D eigenvalue weighted by Gasteiger charge is -2.10. The first-order valence-corrected chi connectivity index (χ1v) is 8.29. The standard InChI is InChI=1S/C19H24N2O3/c1-2-3-4-12-23-17-6-5-7-18(13-17)24-15-19(22)21-14-16-8-10-20-11-9-16/h5-11,13H,2-4,12,14-15H2,1H3,(H,21,22). The van der Waals surface area contributed by atoms with Crippen LogP contribution in [0.3, 0.4) is 0 Å². The zero-order chi connectivity index (χ0) is 17.0. The first-order valence-electron chi connectivity index (χ1n) is 8.29. The average Bonchev–Trinajstić information content (AvgIpc) is 2.63. The minimum Gasteiger partial charge on any atom is -0.493 e. The first kappa shape index (κ1) is 17.8. The van der Waals surface area contributed by atoms with Crippen molar-refractivity contribution in [1.29, 1.82) is 0 Å². The highest BCUT2D eigenvalue weighted by Gasteiger charge is 2.04. The monoisotopic (exact) mass is 328 g/mol. The van der Waals surface area contributed by atoms with Crippen LogP contribution >= 0.6 is 0 Å². The molecular weight excluding hydrogens is 304 g/mol. The number of benzene rings is 1. The molecule has 1 heterocycles. The van der Waals surface area contributed by atoms with Crippen LogP contribution in [0, 0.1) is 0 Å². The lowest BCUT2D eigenvalue weighted by molar-refractivity contribution is -0.123. The van der Waals surface area contributed by atoms with Gasteiger partial charge in [-0.2, -0.15) is 0 Å². The summed E-state index contributed by atoms with van der Waals surface area (Å²) < 4.78 is 11.2. The van der Waals surface area contributed by atoms with Crippen molar-refractivity contribution in [2.75, 3.05) is 13.2 Å². The number of hydrogen-bond acceptors (Lipinski definition) is 4. The van der Waals surface area contributed by atoms with E-state index in [1.807, 2.05) is 36.4 Å². The summed E-state index contributed by atoms with van der Waals surface area (Å²) in [6, 6.07) is 11.1. The maximum Gasteiger partial charge on any atom is 0.258 e. The van der Waals surface area contributed by atoms with Gasteiger partial charge in [-0.3, -0.25) is 9.78 Å².